The molecule has 104 valence electrons. The number of amides is 1. The van der Waals surface area contributed by atoms with E-state index in [1.54, 1.807) is 30.6 Å². The highest BCUT2D eigenvalue weighted by Gasteiger charge is 2.14. The van der Waals surface area contributed by atoms with Crippen LogP contribution in [0.5, 0.6) is 0 Å². The van der Waals surface area contributed by atoms with E-state index in [-0.39, 0.29) is 11.7 Å². The molecule has 20 heavy (non-hydrogen) atoms. The van der Waals surface area contributed by atoms with Crippen molar-refractivity contribution in [2.45, 2.75) is 6.54 Å². The maximum absolute atomic E-state index is 12.0. The van der Waals surface area contributed by atoms with E-state index in [0.717, 1.165) is 17.1 Å². The first kappa shape index (κ1) is 13.9. The molecular formula is C12H13N5O2S. The van der Waals surface area contributed by atoms with Crippen molar-refractivity contribution in [3.8, 4) is 0 Å². The third kappa shape index (κ3) is 3.09. The SMILES string of the molecule is CN(Cc1cccc(C(N)=NO)c1)C(=O)c1csnn1. The molecule has 0 radical (unpaired) electrons. The molecule has 1 aromatic carbocycles. The predicted molar refractivity (Wildman–Crippen MR) is 74.7 cm³/mol. The average Bonchev–Trinajstić information content (AvgIpc) is 3.00. The van der Waals surface area contributed by atoms with Crippen LogP contribution in [0.1, 0.15) is 21.6 Å². The van der Waals surface area contributed by atoms with Gasteiger partial charge in [-0.05, 0) is 23.2 Å². The number of oxime groups is 1. The minimum Gasteiger partial charge on any atom is -0.409 e. The third-order valence-corrected chi connectivity index (χ3v) is 3.18. The van der Waals surface area contributed by atoms with Gasteiger partial charge in [0.25, 0.3) is 5.91 Å². The van der Waals surface area contributed by atoms with Crippen LogP contribution in [0, 0.1) is 0 Å². The summed E-state index contributed by atoms with van der Waals surface area (Å²) in [5, 5.41) is 17.0. The Morgan fingerprint density at radius 3 is 3.00 bits per heavy atom. The van der Waals surface area contributed by atoms with Crippen molar-refractivity contribution in [2.75, 3.05) is 7.05 Å². The van der Waals surface area contributed by atoms with E-state index < -0.39 is 0 Å². The van der Waals surface area contributed by atoms with Crippen LogP contribution in [0.4, 0.5) is 0 Å². The Morgan fingerprint density at radius 1 is 1.55 bits per heavy atom. The van der Waals surface area contributed by atoms with Crippen molar-refractivity contribution in [3.63, 3.8) is 0 Å². The van der Waals surface area contributed by atoms with Crippen molar-refractivity contribution >= 4 is 23.3 Å². The molecule has 8 heteroatoms. The number of nitrogens with two attached hydrogens (primary N) is 1. The highest BCUT2D eigenvalue weighted by atomic mass is 32.1. The minimum absolute atomic E-state index is 0.0320. The van der Waals surface area contributed by atoms with Crippen molar-refractivity contribution in [2.24, 2.45) is 10.9 Å². The molecule has 0 bridgehead atoms. The number of amidine groups is 1. The molecular weight excluding hydrogens is 278 g/mol. The third-order valence-electron chi connectivity index (χ3n) is 2.68. The highest BCUT2D eigenvalue weighted by Crippen LogP contribution is 2.10. The van der Waals surface area contributed by atoms with E-state index in [9.17, 15) is 4.79 Å². The Balaban J connectivity index is 2.12. The lowest BCUT2D eigenvalue weighted by Crippen LogP contribution is -2.26. The Kier molecular flexibility index (Phi) is 4.26. The maximum Gasteiger partial charge on any atom is 0.275 e. The molecule has 0 aliphatic rings. The highest BCUT2D eigenvalue weighted by molar-refractivity contribution is 7.03. The Labute approximate surface area is 119 Å². The first-order valence-corrected chi connectivity index (χ1v) is 6.55. The summed E-state index contributed by atoms with van der Waals surface area (Å²) in [6.45, 7) is 0.392. The molecule has 1 amide bonds. The normalized spacial score (nSPS) is 11.3. The smallest absolute Gasteiger partial charge is 0.275 e. The van der Waals surface area contributed by atoms with Gasteiger partial charge in [-0.2, -0.15) is 0 Å². The molecule has 2 aromatic rings. The number of rotatable bonds is 4. The van der Waals surface area contributed by atoms with E-state index in [1.165, 1.54) is 4.90 Å². The molecule has 0 spiro atoms. The van der Waals surface area contributed by atoms with E-state index in [2.05, 4.69) is 14.7 Å². The van der Waals surface area contributed by atoms with Crippen LogP contribution >= 0.6 is 11.5 Å². The van der Waals surface area contributed by atoms with Crippen LogP contribution in [0.2, 0.25) is 0 Å². The van der Waals surface area contributed by atoms with Crippen molar-refractivity contribution < 1.29 is 10.0 Å². The lowest BCUT2D eigenvalue weighted by atomic mass is 10.1. The molecule has 2 rings (SSSR count). The van der Waals surface area contributed by atoms with Crippen LogP contribution in [0.3, 0.4) is 0 Å². The summed E-state index contributed by atoms with van der Waals surface area (Å²) >= 11 is 1.13. The minimum atomic E-state index is -0.201. The molecule has 0 fully saturated rings. The summed E-state index contributed by atoms with van der Waals surface area (Å²) in [6, 6.07) is 7.13. The Bertz CT molecular complexity index is 627. The van der Waals surface area contributed by atoms with E-state index in [0.29, 0.717) is 17.8 Å². The molecule has 0 atom stereocenters. The fraction of sp³-hybridized carbons (Fsp3) is 0.167. The van der Waals surface area contributed by atoms with Gasteiger partial charge in [-0.1, -0.05) is 27.8 Å². The summed E-state index contributed by atoms with van der Waals surface area (Å²) in [5.74, 6) is -0.169. The van der Waals surface area contributed by atoms with E-state index in [4.69, 9.17) is 10.9 Å². The molecule has 0 saturated heterocycles. The van der Waals surface area contributed by atoms with Gasteiger partial charge in [-0.25, -0.2) is 0 Å². The molecule has 0 aliphatic carbocycles. The second kappa shape index (κ2) is 6.11. The summed E-state index contributed by atoms with van der Waals surface area (Å²) in [5.41, 5.74) is 7.32. The summed E-state index contributed by atoms with van der Waals surface area (Å²) < 4.78 is 3.67. The molecule has 3 N–H and O–H groups in total. The number of hydrogen-bond acceptors (Lipinski definition) is 6. The lowest BCUT2D eigenvalue weighted by molar-refractivity contribution is 0.0779. The molecule has 0 aliphatic heterocycles. The van der Waals surface area contributed by atoms with Gasteiger partial charge >= 0.3 is 0 Å². The largest absolute Gasteiger partial charge is 0.409 e. The molecule has 0 saturated carbocycles. The average molecular weight is 291 g/mol. The quantitative estimate of drug-likeness (QED) is 0.377. The fourth-order valence-electron chi connectivity index (χ4n) is 1.69. The summed E-state index contributed by atoms with van der Waals surface area (Å²) in [6.07, 6.45) is 0. The molecule has 1 aromatic heterocycles. The number of hydrogen-bond donors (Lipinski definition) is 2. The lowest BCUT2D eigenvalue weighted by Gasteiger charge is -2.16. The molecule has 7 nitrogen and oxygen atoms in total. The number of carbonyl (C=O) groups is 1. The van der Waals surface area contributed by atoms with Crippen LogP contribution < -0.4 is 5.73 Å². The van der Waals surface area contributed by atoms with Crippen LogP contribution in [0.25, 0.3) is 0 Å². The second-order valence-electron chi connectivity index (χ2n) is 4.14. The fourth-order valence-corrected chi connectivity index (χ4v) is 2.12. The predicted octanol–water partition coefficient (Wildman–Crippen LogP) is 0.905. The first-order chi connectivity index (χ1) is 9.61. The van der Waals surface area contributed by atoms with Crippen molar-refractivity contribution in [3.05, 3.63) is 46.5 Å². The topological polar surface area (TPSA) is 105 Å². The zero-order chi connectivity index (χ0) is 14.5. The van der Waals surface area contributed by atoms with Crippen molar-refractivity contribution in [1.29, 1.82) is 0 Å². The zero-order valence-corrected chi connectivity index (χ0v) is 11.5. The number of aromatic nitrogens is 2. The Hall–Kier alpha value is -2.48. The number of benzene rings is 1. The van der Waals surface area contributed by atoms with Crippen molar-refractivity contribution in [1.82, 2.24) is 14.5 Å². The van der Waals surface area contributed by atoms with Gasteiger partial charge in [-0.15, -0.1) is 5.10 Å². The Morgan fingerprint density at radius 2 is 2.35 bits per heavy atom. The van der Waals surface area contributed by atoms with Gasteiger partial charge in [0.15, 0.2) is 11.5 Å². The monoisotopic (exact) mass is 291 g/mol. The van der Waals surface area contributed by atoms with Gasteiger partial charge in [0.05, 0.1) is 0 Å². The molecule has 1 heterocycles. The number of nitrogens with zero attached hydrogens (tertiary/aromatic N) is 4. The van der Waals surface area contributed by atoms with Gasteiger partial charge in [-0.3, -0.25) is 4.79 Å². The van der Waals surface area contributed by atoms with Gasteiger partial charge in [0.1, 0.15) is 0 Å². The van der Waals surface area contributed by atoms with Crippen LogP contribution in [0.15, 0.2) is 34.8 Å². The summed E-state index contributed by atoms with van der Waals surface area (Å²) in [7, 11) is 1.68. The van der Waals surface area contributed by atoms with Crippen LogP contribution in [-0.2, 0) is 6.54 Å². The standard InChI is InChI=1S/C12H13N5O2S/c1-17(12(18)10-7-20-16-14-10)6-8-3-2-4-9(5-8)11(13)15-19/h2-5,7,19H,6H2,1H3,(H2,13,15). The molecule has 0 unspecified atom stereocenters. The maximum atomic E-state index is 12.0. The number of carbonyl (C=O) groups excluding carboxylic acids is 1. The second-order valence-corrected chi connectivity index (χ2v) is 4.75. The van der Waals surface area contributed by atoms with Gasteiger partial charge in [0, 0.05) is 24.5 Å². The van der Waals surface area contributed by atoms with Gasteiger partial charge < -0.3 is 15.8 Å². The van der Waals surface area contributed by atoms with E-state index >= 15 is 0 Å². The first-order valence-electron chi connectivity index (χ1n) is 5.71. The zero-order valence-electron chi connectivity index (χ0n) is 10.7. The van der Waals surface area contributed by atoms with Gasteiger partial charge in [0.2, 0.25) is 0 Å². The van der Waals surface area contributed by atoms with Crippen LogP contribution in [-0.4, -0.2) is 38.5 Å². The summed E-state index contributed by atoms with van der Waals surface area (Å²) in [4.78, 5) is 13.6. The van der Waals surface area contributed by atoms with E-state index in [1.807, 2.05) is 6.07 Å².